The number of hydrogen-bond acceptors (Lipinski definition) is 3. The van der Waals surface area contributed by atoms with E-state index in [9.17, 15) is 0 Å². The van der Waals surface area contributed by atoms with Crippen molar-refractivity contribution in [3.8, 4) is 5.75 Å². The molecule has 0 radical (unpaired) electrons. The van der Waals surface area contributed by atoms with Gasteiger partial charge in [-0.05, 0) is 24.6 Å². The zero-order chi connectivity index (χ0) is 13.7. The Morgan fingerprint density at radius 3 is 2.47 bits per heavy atom. The molecule has 0 spiro atoms. The molecule has 100 valence electrons. The molecular formula is C16H20N2O. The Balaban J connectivity index is 2.26. The smallest absolute Gasteiger partial charge is 0.123 e. The molecule has 0 aliphatic heterocycles. The highest BCUT2D eigenvalue weighted by Crippen LogP contribution is 2.29. The topological polar surface area (TPSA) is 38.5 Å². The third-order valence-electron chi connectivity index (χ3n) is 2.92. The predicted molar refractivity (Wildman–Crippen MR) is 81.1 cm³/mol. The van der Waals surface area contributed by atoms with Crippen LogP contribution in [0.15, 0.2) is 48.5 Å². The molecule has 0 aliphatic rings. The van der Waals surface area contributed by atoms with Gasteiger partial charge in [0.25, 0.3) is 0 Å². The third kappa shape index (κ3) is 3.41. The number of nitrogens with two attached hydrogens (primary N) is 1. The van der Waals surface area contributed by atoms with Crippen molar-refractivity contribution < 1.29 is 4.74 Å². The van der Waals surface area contributed by atoms with Crippen LogP contribution < -0.4 is 15.4 Å². The molecule has 3 heteroatoms. The molecule has 0 aromatic heterocycles. The Bertz CT molecular complexity index is 526. The Morgan fingerprint density at radius 1 is 1.05 bits per heavy atom. The number of ether oxygens (including phenoxy) is 1. The van der Waals surface area contributed by atoms with E-state index in [4.69, 9.17) is 10.5 Å². The van der Waals surface area contributed by atoms with Crippen LogP contribution in [0.5, 0.6) is 5.75 Å². The fourth-order valence-corrected chi connectivity index (χ4v) is 1.90. The number of nitrogens with zero attached hydrogens (tertiary/aromatic N) is 1. The van der Waals surface area contributed by atoms with Crippen molar-refractivity contribution in [1.29, 1.82) is 0 Å². The summed E-state index contributed by atoms with van der Waals surface area (Å²) < 4.78 is 5.66. The molecule has 0 saturated heterocycles. The van der Waals surface area contributed by atoms with Crippen molar-refractivity contribution in [2.45, 2.75) is 13.3 Å². The number of anilines is 3. The summed E-state index contributed by atoms with van der Waals surface area (Å²) >= 11 is 0. The summed E-state index contributed by atoms with van der Waals surface area (Å²) in [7, 11) is 2.02. The molecule has 2 rings (SSSR count). The Hall–Kier alpha value is -2.16. The van der Waals surface area contributed by atoms with E-state index in [1.54, 1.807) is 0 Å². The van der Waals surface area contributed by atoms with E-state index >= 15 is 0 Å². The second kappa shape index (κ2) is 6.14. The monoisotopic (exact) mass is 256 g/mol. The number of benzene rings is 2. The van der Waals surface area contributed by atoms with Gasteiger partial charge in [-0.15, -0.1) is 0 Å². The number of rotatable bonds is 5. The van der Waals surface area contributed by atoms with Gasteiger partial charge in [0.2, 0.25) is 0 Å². The van der Waals surface area contributed by atoms with E-state index in [0.29, 0.717) is 12.3 Å². The maximum absolute atomic E-state index is 5.94. The quantitative estimate of drug-likeness (QED) is 0.826. The average Bonchev–Trinajstić information content (AvgIpc) is 2.44. The molecule has 2 aromatic carbocycles. The van der Waals surface area contributed by atoms with Crippen LogP contribution in [0.25, 0.3) is 0 Å². The molecule has 3 nitrogen and oxygen atoms in total. The highest BCUT2D eigenvalue weighted by Gasteiger charge is 2.06. The van der Waals surface area contributed by atoms with Crippen molar-refractivity contribution in [2.24, 2.45) is 0 Å². The number of nitrogen functional groups attached to an aromatic ring is 1. The summed E-state index contributed by atoms with van der Waals surface area (Å²) in [5.74, 6) is 0.819. The molecule has 0 saturated carbocycles. The van der Waals surface area contributed by atoms with E-state index in [-0.39, 0.29) is 0 Å². The van der Waals surface area contributed by atoms with Crippen molar-refractivity contribution in [3.05, 3.63) is 48.5 Å². The van der Waals surface area contributed by atoms with Gasteiger partial charge in [-0.1, -0.05) is 25.1 Å². The first-order valence-corrected chi connectivity index (χ1v) is 6.53. The Kier molecular flexibility index (Phi) is 4.29. The van der Waals surface area contributed by atoms with Gasteiger partial charge in [0, 0.05) is 36.2 Å². The minimum absolute atomic E-state index is 0.706. The molecule has 19 heavy (non-hydrogen) atoms. The van der Waals surface area contributed by atoms with Gasteiger partial charge in [-0.2, -0.15) is 0 Å². The first kappa shape index (κ1) is 13.3. The largest absolute Gasteiger partial charge is 0.493 e. The molecule has 0 bridgehead atoms. The van der Waals surface area contributed by atoms with Crippen LogP contribution in [0.3, 0.4) is 0 Å². The molecule has 2 aromatic rings. The highest BCUT2D eigenvalue weighted by atomic mass is 16.5. The Labute approximate surface area is 114 Å². The summed E-state index contributed by atoms with van der Waals surface area (Å²) in [6.45, 7) is 2.79. The van der Waals surface area contributed by atoms with Gasteiger partial charge in [0.1, 0.15) is 5.75 Å². The zero-order valence-electron chi connectivity index (χ0n) is 11.5. The van der Waals surface area contributed by atoms with Crippen LogP contribution >= 0.6 is 0 Å². The van der Waals surface area contributed by atoms with Gasteiger partial charge in [-0.3, -0.25) is 0 Å². The standard InChI is InChI=1S/C16H20N2O/c1-3-9-19-16-11-13(17)10-15(12-16)18(2)14-7-5-4-6-8-14/h4-8,10-12H,3,9,17H2,1-2H3. The second-order valence-electron chi connectivity index (χ2n) is 4.50. The van der Waals surface area contributed by atoms with Gasteiger partial charge in [-0.25, -0.2) is 0 Å². The number of para-hydroxylation sites is 1. The summed E-state index contributed by atoms with van der Waals surface area (Å²) in [5, 5.41) is 0. The minimum atomic E-state index is 0.706. The summed E-state index contributed by atoms with van der Waals surface area (Å²) in [5.41, 5.74) is 8.80. The van der Waals surface area contributed by atoms with Gasteiger partial charge in [0.15, 0.2) is 0 Å². The molecule has 2 N–H and O–H groups in total. The van der Waals surface area contributed by atoms with E-state index in [1.165, 1.54) is 0 Å². The first-order valence-electron chi connectivity index (χ1n) is 6.53. The maximum atomic E-state index is 5.94. The van der Waals surface area contributed by atoms with Crippen molar-refractivity contribution in [3.63, 3.8) is 0 Å². The van der Waals surface area contributed by atoms with E-state index in [2.05, 4.69) is 24.0 Å². The SMILES string of the molecule is CCCOc1cc(N)cc(N(C)c2ccccc2)c1. The second-order valence-corrected chi connectivity index (χ2v) is 4.50. The molecule has 0 fully saturated rings. The van der Waals surface area contributed by atoms with Gasteiger partial charge >= 0.3 is 0 Å². The van der Waals surface area contributed by atoms with Crippen LogP contribution in [-0.4, -0.2) is 13.7 Å². The van der Waals surface area contributed by atoms with E-state index in [1.807, 2.05) is 43.4 Å². The van der Waals surface area contributed by atoms with Gasteiger partial charge < -0.3 is 15.4 Å². The lowest BCUT2D eigenvalue weighted by Crippen LogP contribution is -2.10. The lowest BCUT2D eigenvalue weighted by Gasteiger charge is -2.20. The fraction of sp³-hybridized carbons (Fsp3) is 0.250. The molecule has 0 heterocycles. The van der Waals surface area contributed by atoms with Crippen LogP contribution in [0.4, 0.5) is 17.1 Å². The lowest BCUT2D eigenvalue weighted by atomic mass is 10.2. The fourth-order valence-electron chi connectivity index (χ4n) is 1.90. The van der Waals surface area contributed by atoms with Crippen molar-refractivity contribution in [1.82, 2.24) is 0 Å². The first-order chi connectivity index (χ1) is 9.20. The van der Waals surface area contributed by atoms with E-state index < -0.39 is 0 Å². The molecule has 0 atom stereocenters. The third-order valence-corrected chi connectivity index (χ3v) is 2.92. The van der Waals surface area contributed by atoms with E-state index in [0.717, 1.165) is 23.5 Å². The average molecular weight is 256 g/mol. The highest BCUT2D eigenvalue weighted by molar-refractivity contribution is 5.68. The summed E-state index contributed by atoms with van der Waals surface area (Å²) in [6, 6.07) is 16.0. The summed E-state index contributed by atoms with van der Waals surface area (Å²) in [6.07, 6.45) is 0.985. The molecular weight excluding hydrogens is 236 g/mol. The lowest BCUT2D eigenvalue weighted by molar-refractivity contribution is 0.317. The van der Waals surface area contributed by atoms with Crippen LogP contribution in [0.2, 0.25) is 0 Å². The predicted octanol–water partition coefficient (Wildman–Crippen LogP) is 3.83. The maximum Gasteiger partial charge on any atom is 0.123 e. The van der Waals surface area contributed by atoms with Crippen molar-refractivity contribution in [2.75, 3.05) is 24.3 Å². The molecule has 0 unspecified atom stereocenters. The van der Waals surface area contributed by atoms with Gasteiger partial charge in [0.05, 0.1) is 6.61 Å². The zero-order valence-corrected chi connectivity index (χ0v) is 11.5. The van der Waals surface area contributed by atoms with Crippen LogP contribution in [0, 0.1) is 0 Å². The normalized spacial score (nSPS) is 10.2. The molecule has 0 aliphatic carbocycles. The van der Waals surface area contributed by atoms with Crippen LogP contribution in [-0.2, 0) is 0 Å². The Morgan fingerprint density at radius 2 is 1.79 bits per heavy atom. The summed E-state index contributed by atoms with van der Waals surface area (Å²) in [4.78, 5) is 2.09. The minimum Gasteiger partial charge on any atom is -0.493 e. The van der Waals surface area contributed by atoms with Crippen LogP contribution in [0.1, 0.15) is 13.3 Å². The number of hydrogen-bond donors (Lipinski definition) is 1. The van der Waals surface area contributed by atoms with Crippen molar-refractivity contribution >= 4 is 17.1 Å². The molecule has 0 amide bonds.